The van der Waals surface area contributed by atoms with Gasteiger partial charge in [0.2, 0.25) is 0 Å². The normalized spacial score (nSPS) is 11.9. The van der Waals surface area contributed by atoms with E-state index in [-0.39, 0.29) is 5.75 Å². The number of hydrogen-bond donors (Lipinski definition) is 1. The highest BCUT2D eigenvalue weighted by molar-refractivity contribution is 6.10. The molecule has 0 bridgehead atoms. The highest BCUT2D eigenvalue weighted by Crippen LogP contribution is 2.36. The summed E-state index contributed by atoms with van der Waals surface area (Å²) in [6, 6.07) is 28.2. The SMILES string of the molecule is Oc1ccc2c(c1)c1ccccc1n2-c1ccc2c(c1)oc1ccccc12. The summed E-state index contributed by atoms with van der Waals surface area (Å²) in [7, 11) is 0. The van der Waals surface area contributed by atoms with Crippen molar-refractivity contribution in [1.29, 1.82) is 0 Å². The Morgan fingerprint density at radius 1 is 0.593 bits per heavy atom. The van der Waals surface area contributed by atoms with Crippen molar-refractivity contribution in [2.45, 2.75) is 0 Å². The van der Waals surface area contributed by atoms with Crippen LogP contribution in [0.1, 0.15) is 0 Å². The van der Waals surface area contributed by atoms with Crippen molar-refractivity contribution < 1.29 is 9.52 Å². The molecule has 27 heavy (non-hydrogen) atoms. The molecule has 0 fully saturated rings. The van der Waals surface area contributed by atoms with Gasteiger partial charge in [0.15, 0.2) is 0 Å². The van der Waals surface area contributed by atoms with Crippen LogP contribution in [0.3, 0.4) is 0 Å². The smallest absolute Gasteiger partial charge is 0.137 e. The second-order valence-corrected chi connectivity index (χ2v) is 6.83. The van der Waals surface area contributed by atoms with Gasteiger partial charge in [0, 0.05) is 33.3 Å². The third kappa shape index (κ3) is 1.97. The van der Waals surface area contributed by atoms with Crippen LogP contribution >= 0.6 is 0 Å². The molecule has 1 N–H and O–H groups in total. The number of benzene rings is 4. The molecule has 2 aromatic heterocycles. The molecule has 2 heterocycles. The Balaban J connectivity index is 1.72. The van der Waals surface area contributed by atoms with Crippen molar-refractivity contribution in [2.75, 3.05) is 0 Å². The van der Waals surface area contributed by atoms with Crippen molar-refractivity contribution in [2.24, 2.45) is 0 Å². The Kier molecular flexibility index (Phi) is 2.75. The van der Waals surface area contributed by atoms with Crippen LogP contribution in [-0.2, 0) is 0 Å². The third-order valence-corrected chi connectivity index (χ3v) is 5.28. The molecule has 0 spiro atoms. The molecule has 0 aliphatic rings. The lowest BCUT2D eigenvalue weighted by Crippen LogP contribution is -1.93. The molecule has 0 aliphatic carbocycles. The van der Waals surface area contributed by atoms with E-state index in [0.29, 0.717) is 0 Å². The number of nitrogens with zero attached hydrogens (tertiary/aromatic N) is 1. The molecule has 0 saturated heterocycles. The Labute approximate surface area is 154 Å². The summed E-state index contributed by atoms with van der Waals surface area (Å²) in [4.78, 5) is 0. The number of rotatable bonds is 1. The lowest BCUT2D eigenvalue weighted by molar-refractivity contribution is 0.476. The van der Waals surface area contributed by atoms with E-state index in [1.807, 2.05) is 42.5 Å². The van der Waals surface area contributed by atoms with Crippen molar-refractivity contribution in [3.8, 4) is 11.4 Å². The molecular weight excluding hydrogens is 334 g/mol. The number of fused-ring (bicyclic) bond motifs is 6. The van der Waals surface area contributed by atoms with Gasteiger partial charge in [-0.25, -0.2) is 0 Å². The molecule has 4 aromatic carbocycles. The third-order valence-electron chi connectivity index (χ3n) is 5.28. The molecule has 3 heteroatoms. The topological polar surface area (TPSA) is 38.3 Å². The fraction of sp³-hybridized carbons (Fsp3) is 0. The zero-order valence-electron chi connectivity index (χ0n) is 14.4. The predicted octanol–water partition coefficient (Wildman–Crippen LogP) is 6.39. The number of phenols is 1. The Morgan fingerprint density at radius 2 is 1.33 bits per heavy atom. The van der Waals surface area contributed by atoms with E-state index in [4.69, 9.17) is 4.42 Å². The van der Waals surface area contributed by atoms with E-state index in [2.05, 4.69) is 41.0 Å². The Hall–Kier alpha value is -3.72. The summed E-state index contributed by atoms with van der Waals surface area (Å²) in [6.07, 6.45) is 0. The molecular formula is C24H15NO2. The molecule has 6 rings (SSSR count). The van der Waals surface area contributed by atoms with E-state index in [0.717, 1.165) is 49.4 Å². The maximum Gasteiger partial charge on any atom is 0.137 e. The fourth-order valence-corrected chi connectivity index (χ4v) is 4.09. The second-order valence-electron chi connectivity index (χ2n) is 6.83. The molecule has 0 radical (unpaired) electrons. The quantitative estimate of drug-likeness (QED) is 0.373. The van der Waals surface area contributed by atoms with Gasteiger partial charge in [0.05, 0.1) is 11.0 Å². The zero-order valence-corrected chi connectivity index (χ0v) is 14.4. The number of aromatic nitrogens is 1. The number of aromatic hydroxyl groups is 1. The standard InChI is InChI=1S/C24H15NO2/c26-16-10-12-22-20(14-16)17-5-1-3-7-21(17)25(22)15-9-11-19-18-6-2-4-8-23(18)27-24(19)13-15/h1-14,26H. The van der Waals surface area contributed by atoms with E-state index >= 15 is 0 Å². The minimum absolute atomic E-state index is 0.276. The van der Waals surface area contributed by atoms with Gasteiger partial charge in [-0.3, -0.25) is 0 Å². The van der Waals surface area contributed by atoms with E-state index in [1.165, 1.54) is 0 Å². The van der Waals surface area contributed by atoms with Crippen LogP contribution in [0, 0.1) is 0 Å². The summed E-state index contributed by atoms with van der Waals surface area (Å²) in [6.45, 7) is 0. The highest BCUT2D eigenvalue weighted by atomic mass is 16.3. The second kappa shape index (κ2) is 5.15. The van der Waals surface area contributed by atoms with Gasteiger partial charge in [-0.15, -0.1) is 0 Å². The van der Waals surface area contributed by atoms with Crippen molar-refractivity contribution in [1.82, 2.24) is 4.57 Å². The first-order chi connectivity index (χ1) is 13.3. The van der Waals surface area contributed by atoms with E-state index in [1.54, 1.807) is 6.07 Å². The number of furan rings is 1. The average molecular weight is 349 g/mol. The van der Waals surface area contributed by atoms with Crippen LogP contribution in [0.4, 0.5) is 0 Å². The molecule has 0 unspecified atom stereocenters. The minimum atomic E-state index is 0.276. The minimum Gasteiger partial charge on any atom is -0.508 e. The van der Waals surface area contributed by atoms with Crippen LogP contribution in [0.15, 0.2) is 89.3 Å². The van der Waals surface area contributed by atoms with Gasteiger partial charge < -0.3 is 14.1 Å². The molecule has 0 saturated carbocycles. The van der Waals surface area contributed by atoms with Gasteiger partial charge in [0.25, 0.3) is 0 Å². The van der Waals surface area contributed by atoms with E-state index in [9.17, 15) is 5.11 Å². The molecule has 3 nitrogen and oxygen atoms in total. The molecule has 6 aromatic rings. The Bertz CT molecular complexity index is 1490. The average Bonchev–Trinajstić information content (AvgIpc) is 3.22. The van der Waals surface area contributed by atoms with E-state index < -0.39 is 0 Å². The summed E-state index contributed by atoms with van der Waals surface area (Å²) in [5.41, 5.74) is 4.98. The molecule has 0 amide bonds. The summed E-state index contributed by atoms with van der Waals surface area (Å²) < 4.78 is 8.30. The number of phenolic OH excluding ortho intramolecular Hbond substituents is 1. The van der Waals surface area contributed by atoms with Crippen molar-refractivity contribution in [3.63, 3.8) is 0 Å². The first kappa shape index (κ1) is 14.4. The van der Waals surface area contributed by atoms with Crippen LogP contribution < -0.4 is 0 Å². The van der Waals surface area contributed by atoms with Crippen molar-refractivity contribution in [3.05, 3.63) is 84.9 Å². The van der Waals surface area contributed by atoms with Crippen LogP contribution in [-0.4, -0.2) is 9.67 Å². The van der Waals surface area contributed by atoms with Gasteiger partial charge in [0.1, 0.15) is 16.9 Å². The lowest BCUT2D eigenvalue weighted by Gasteiger charge is -2.07. The van der Waals surface area contributed by atoms with Crippen LogP contribution in [0.25, 0.3) is 49.4 Å². The lowest BCUT2D eigenvalue weighted by atomic mass is 10.1. The summed E-state index contributed by atoms with van der Waals surface area (Å²) in [5, 5.41) is 14.4. The first-order valence-corrected chi connectivity index (χ1v) is 8.93. The predicted molar refractivity (Wildman–Crippen MR) is 110 cm³/mol. The zero-order chi connectivity index (χ0) is 18.0. The highest BCUT2D eigenvalue weighted by Gasteiger charge is 2.14. The van der Waals surface area contributed by atoms with Crippen molar-refractivity contribution >= 4 is 43.7 Å². The molecule has 128 valence electrons. The molecule has 0 atom stereocenters. The maximum absolute atomic E-state index is 9.97. The number of hydrogen-bond acceptors (Lipinski definition) is 2. The van der Waals surface area contributed by atoms with Crippen LogP contribution in [0.2, 0.25) is 0 Å². The molecule has 0 aliphatic heterocycles. The van der Waals surface area contributed by atoms with Gasteiger partial charge in [-0.2, -0.15) is 0 Å². The van der Waals surface area contributed by atoms with Gasteiger partial charge in [-0.05, 0) is 42.5 Å². The van der Waals surface area contributed by atoms with Gasteiger partial charge >= 0.3 is 0 Å². The van der Waals surface area contributed by atoms with Gasteiger partial charge in [-0.1, -0.05) is 36.4 Å². The summed E-state index contributed by atoms with van der Waals surface area (Å²) in [5.74, 6) is 0.276. The maximum atomic E-state index is 9.97. The Morgan fingerprint density at radius 3 is 2.26 bits per heavy atom. The van der Waals surface area contributed by atoms with Crippen LogP contribution in [0.5, 0.6) is 5.75 Å². The summed E-state index contributed by atoms with van der Waals surface area (Å²) >= 11 is 0. The fourth-order valence-electron chi connectivity index (χ4n) is 4.09. The first-order valence-electron chi connectivity index (χ1n) is 8.93. The monoisotopic (exact) mass is 349 g/mol. The largest absolute Gasteiger partial charge is 0.508 e. The number of para-hydroxylation sites is 2.